The van der Waals surface area contributed by atoms with Crippen LogP contribution >= 0.6 is 15.9 Å². The zero-order chi connectivity index (χ0) is 15.2. The van der Waals surface area contributed by atoms with Crippen molar-refractivity contribution in [3.8, 4) is 0 Å². The van der Waals surface area contributed by atoms with E-state index in [1.807, 2.05) is 19.1 Å². The lowest BCUT2D eigenvalue weighted by atomic mass is 10.0. The molecule has 0 fully saturated rings. The first-order chi connectivity index (χ1) is 10.1. The Hall–Kier alpha value is -1.33. The van der Waals surface area contributed by atoms with Crippen LogP contribution in [0.1, 0.15) is 30.6 Å². The van der Waals surface area contributed by atoms with Gasteiger partial charge in [-0.2, -0.15) is 0 Å². The van der Waals surface area contributed by atoms with Crippen LogP contribution in [0.4, 0.5) is 8.78 Å². The van der Waals surface area contributed by atoms with Gasteiger partial charge in [0.1, 0.15) is 11.6 Å². The highest BCUT2D eigenvalue weighted by atomic mass is 79.9. The first kappa shape index (κ1) is 16.0. The van der Waals surface area contributed by atoms with Gasteiger partial charge in [-0.3, -0.25) is 4.98 Å². The first-order valence-corrected chi connectivity index (χ1v) is 7.68. The van der Waals surface area contributed by atoms with Crippen molar-refractivity contribution in [2.45, 2.75) is 25.8 Å². The van der Waals surface area contributed by atoms with E-state index in [0.717, 1.165) is 29.2 Å². The molecule has 0 saturated carbocycles. The van der Waals surface area contributed by atoms with E-state index in [2.05, 4.69) is 26.2 Å². The SMILES string of the molecule is CCCNC(Cc1ccc(Br)cn1)c1cc(F)ccc1F. The van der Waals surface area contributed by atoms with E-state index in [1.165, 1.54) is 12.1 Å². The Morgan fingerprint density at radius 1 is 1.24 bits per heavy atom. The van der Waals surface area contributed by atoms with Gasteiger partial charge in [-0.1, -0.05) is 6.92 Å². The average Bonchev–Trinajstić information content (AvgIpc) is 2.48. The van der Waals surface area contributed by atoms with E-state index in [9.17, 15) is 8.78 Å². The van der Waals surface area contributed by atoms with Crippen molar-refractivity contribution >= 4 is 15.9 Å². The molecule has 21 heavy (non-hydrogen) atoms. The molecule has 0 aliphatic carbocycles. The minimum absolute atomic E-state index is 0.297. The van der Waals surface area contributed by atoms with E-state index >= 15 is 0 Å². The van der Waals surface area contributed by atoms with Gasteiger partial charge in [-0.05, 0) is 59.2 Å². The molecule has 1 aromatic carbocycles. The van der Waals surface area contributed by atoms with Crippen LogP contribution in [0, 0.1) is 11.6 Å². The van der Waals surface area contributed by atoms with Crippen LogP contribution in [0.25, 0.3) is 0 Å². The summed E-state index contributed by atoms with van der Waals surface area (Å²) in [5.41, 5.74) is 1.17. The number of nitrogens with one attached hydrogen (secondary N) is 1. The highest BCUT2D eigenvalue weighted by molar-refractivity contribution is 9.10. The molecule has 0 spiro atoms. The zero-order valence-corrected chi connectivity index (χ0v) is 13.3. The molecule has 0 saturated heterocycles. The molecule has 112 valence electrons. The Morgan fingerprint density at radius 3 is 2.71 bits per heavy atom. The fourth-order valence-corrected chi connectivity index (χ4v) is 2.36. The molecular formula is C16H17BrF2N2. The first-order valence-electron chi connectivity index (χ1n) is 6.89. The van der Waals surface area contributed by atoms with Crippen molar-refractivity contribution < 1.29 is 8.78 Å². The predicted molar refractivity (Wildman–Crippen MR) is 83.0 cm³/mol. The number of benzene rings is 1. The van der Waals surface area contributed by atoms with Gasteiger partial charge in [0.05, 0.1) is 0 Å². The van der Waals surface area contributed by atoms with Crippen LogP contribution in [0.3, 0.4) is 0 Å². The number of aromatic nitrogens is 1. The third kappa shape index (κ3) is 4.58. The van der Waals surface area contributed by atoms with E-state index in [4.69, 9.17) is 0 Å². The van der Waals surface area contributed by atoms with Crippen LogP contribution in [0.5, 0.6) is 0 Å². The highest BCUT2D eigenvalue weighted by Crippen LogP contribution is 2.22. The van der Waals surface area contributed by atoms with Gasteiger partial charge in [0.25, 0.3) is 0 Å². The molecule has 0 aliphatic heterocycles. The number of pyridine rings is 1. The second-order valence-corrected chi connectivity index (χ2v) is 5.76. The summed E-state index contributed by atoms with van der Waals surface area (Å²) in [4.78, 5) is 4.30. The smallest absolute Gasteiger partial charge is 0.128 e. The third-order valence-corrected chi connectivity index (χ3v) is 3.65. The number of nitrogens with zero attached hydrogens (tertiary/aromatic N) is 1. The molecule has 1 heterocycles. The average molecular weight is 355 g/mol. The maximum Gasteiger partial charge on any atom is 0.128 e. The fourth-order valence-electron chi connectivity index (χ4n) is 2.13. The molecule has 0 amide bonds. The van der Waals surface area contributed by atoms with Crippen molar-refractivity contribution in [3.05, 3.63) is 63.9 Å². The van der Waals surface area contributed by atoms with Gasteiger partial charge >= 0.3 is 0 Å². The van der Waals surface area contributed by atoms with E-state index in [-0.39, 0.29) is 6.04 Å². The van der Waals surface area contributed by atoms with Crippen molar-refractivity contribution in [2.75, 3.05) is 6.54 Å². The molecule has 1 aromatic heterocycles. The molecule has 0 aliphatic rings. The molecule has 2 nitrogen and oxygen atoms in total. The lowest BCUT2D eigenvalue weighted by Crippen LogP contribution is -2.25. The summed E-state index contributed by atoms with van der Waals surface area (Å²) in [5.74, 6) is -0.833. The lowest BCUT2D eigenvalue weighted by Gasteiger charge is -2.19. The molecule has 0 bridgehead atoms. The van der Waals surface area contributed by atoms with Crippen molar-refractivity contribution in [1.82, 2.24) is 10.3 Å². The maximum absolute atomic E-state index is 14.0. The second kappa shape index (κ2) is 7.61. The molecule has 0 radical (unpaired) electrons. The summed E-state index contributed by atoms with van der Waals surface area (Å²) in [6.07, 6.45) is 3.13. The monoisotopic (exact) mass is 354 g/mol. The lowest BCUT2D eigenvalue weighted by molar-refractivity contribution is 0.487. The Morgan fingerprint density at radius 2 is 2.05 bits per heavy atom. The molecule has 5 heteroatoms. The summed E-state index contributed by atoms with van der Waals surface area (Å²) in [6.45, 7) is 2.76. The predicted octanol–water partition coefficient (Wildman–Crippen LogP) is 4.41. The summed E-state index contributed by atoms with van der Waals surface area (Å²) < 4.78 is 28.3. The van der Waals surface area contributed by atoms with Crippen LogP contribution < -0.4 is 5.32 Å². The summed E-state index contributed by atoms with van der Waals surface area (Å²) in [6, 6.07) is 7.02. The number of hydrogen-bond donors (Lipinski definition) is 1. The standard InChI is InChI=1S/C16H17BrF2N2/c1-2-7-20-16(9-13-5-3-11(17)10-21-13)14-8-12(18)4-6-15(14)19/h3-6,8,10,16,20H,2,7,9H2,1H3. The second-order valence-electron chi connectivity index (χ2n) is 4.84. The van der Waals surface area contributed by atoms with E-state index < -0.39 is 11.6 Å². The number of hydrogen-bond acceptors (Lipinski definition) is 2. The Kier molecular flexibility index (Phi) is 5.82. The van der Waals surface area contributed by atoms with Crippen molar-refractivity contribution in [3.63, 3.8) is 0 Å². The topological polar surface area (TPSA) is 24.9 Å². The van der Waals surface area contributed by atoms with Crippen LogP contribution in [0.15, 0.2) is 41.0 Å². The maximum atomic E-state index is 14.0. The minimum atomic E-state index is -0.432. The summed E-state index contributed by atoms with van der Waals surface area (Å²) in [7, 11) is 0. The van der Waals surface area contributed by atoms with Gasteiger partial charge in [-0.15, -0.1) is 0 Å². The minimum Gasteiger partial charge on any atom is -0.310 e. The Balaban J connectivity index is 2.25. The molecule has 2 aromatic rings. The normalized spacial score (nSPS) is 12.4. The number of halogens is 3. The van der Waals surface area contributed by atoms with Crippen molar-refractivity contribution in [2.24, 2.45) is 0 Å². The van der Waals surface area contributed by atoms with Gasteiger partial charge < -0.3 is 5.32 Å². The Labute approximate surface area is 131 Å². The van der Waals surface area contributed by atoms with Gasteiger partial charge in [-0.25, -0.2) is 8.78 Å². The molecule has 1 atom stereocenters. The summed E-state index contributed by atoms with van der Waals surface area (Å²) >= 11 is 3.33. The largest absolute Gasteiger partial charge is 0.310 e. The van der Waals surface area contributed by atoms with Crippen LogP contribution in [-0.4, -0.2) is 11.5 Å². The van der Waals surface area contributed by atoms with Gasteiger partial charge in [0.2, 0.25) is 0 Å². The molecule has 1 N–H and O–H groups in total. The van der Waals surface area contributed by atoms with Crippen LogP contribution in [-0.2, 0) is 6.42 Å². The Bertz CT molecular complexity index is 587. The van der Waals surface area contributed by atoms with E-state index in [1.54, 1.807) is 6.20 Å². The number of rotatable bonds is 6. The third-order valence-electron chi connectivity index (χ3n) is 3.18. The highest BCUT2D eigenvalue weighted by Gasteiger charge is 2.17. The summed E-state index contributed by atoms with van der Waals surface area (Å²) in [5, 5.41) is 3.26. The molecule has 1 unspecified atom stereocenters. The van der Waals surface area contributed by atoms with E-state index in [0.29, 0.717) is 12.0 Å². The quantitative estimate of drug-likeness (QED) is 0.831. The molecule has 2 rings (SSSR count). The zero-order valence-electron chi connectivity index (χ0n) is 11.7. The van der Waals surface area contributed by atoms with Gasteiger partial charge in [0, 0.05) is 34.4 Å². The van der Waals surface area contributed by atoms with Crippen molar-refractivity contribution in [1.29, 1.82) is 0 Å². The molecular weight excluding hydrogens is 338 g/mol. The fraction of sp³-hybridized carbons (Fsp3) is 0.312. The van der Waals surface area contributed by atoms with Gasteiger partial charge in [0.15, 0.2) is 0 Å². The van der Waals surface area contributed by atoms with Crippen LogP contribution in [0.2, 0.25) is 0 Å².